The van der Waals surface area contributed by atoms with Crippen LogP contribution in [-0.2, 0) is 14.3 Å². The fourth-order valence-corrected chi connectivity index (χ4v) is 1.43. The van der Waals surface area contributed by atoms with Crippen LogP contribution < -0.4 is 10.6 Å². The summed E-state index contributed by atoms with van der Waals surface area (Å²) in [4.78, 5) is 36.3. The van der Waals surface area contributed by atoms with Gasteiger partial charge in [-0.1, -0.05) is 12.6 Å². The molecule has 0 aliphatic heterocycles. The lowest BCUT2D eigenvalue weighted by Gasteiger charge is -2.09. The topological polar surface area (TPSA) is 96.9 Å². The Kier molecular flexibility index (Phi) is 6.37. The molecule has 0 aliphatic rings. The summed E-state index contributed by atoms with van der Waals surface area (Å²) >= 11 is 0. The van der Waals surface area contributed by atoms with Crippen molar-refractivity contribution in [2.75, 3.05) is 18.5 Å². The van der Waals surface area contributed by atoms with Crippen LogP contribution >= 0.6 is 0 Å². The van der Waals surface area contributed by atoms with Crippen LogP contribution in [0.2, 0.25) is 0 Å². The van der Waals surface area contributed by atoms with E-state index >= 15 is 0 Å². The van der Waals surface area contributed by atoms with Gasteiger partial charge in [-0.2, -0.15) is 4.99 Å². The number of hydrogen-bond donors (Lipinski definition) is 2. The number of urea groups is 1. The standard InChI is InChI=1S/C14H15N3O4/c1-3-13(19)21-7-6-15-14(20)17-11-5-4-10(2)8-12(11)16-9-18/h3-5,8H,1,6-7H2,2H3,(H2,15,17,20). The van der Waals surface area contributed by atoms with Crippen molar-refractivity contribution in [1.82, 2.24) is 5.32 Å². The van der Waals surface area contributed by atoms with Crippen molar-refractivity contribution in [2.24, 2.45) is 4.99 Å². The highest BCUT2D eigenvalue weighted by Gasteiger charge is 2.06. The van der Waals surface area contributed by atoms with Gasteiger partial charge in [0.15, 0.2) is 0 Å². The second-order valence-corrected chi connectivity index (χ2v) is 3.98. The molecular formula is C14H15N3O4. The van der Waals surface area contributed by atoms with Gasteiger partial charge >= 0.3 is 12.0 Å². The molecule has 7 heteroatoms. The second kappa shape index (κ2) is 8.29. The third-order valence-electron chi connectivity index (χ3n) is 2.37. The molecule has 0 fully saturated rings. The predicted octanol–water partition coefficient (Wildman–Crippen LogP) is 1.81. The number of nitrogens with one attached hydrogen (secondary N) is 2. The van der Waals surface area contributed by atoms with Crippen molar-refractivity contribution in [3.8, 4) is 0 Å². The smallest absolute Gasteiger partial charge is 0.330 e. The van der Waals surface area contributed by atoms with E-state index in [9.17, 15) is 14.4 Å². The first kappa shape index (κ1) is 16.1. The Labute approximate surface area is 121 Å². The first-order chi connectivity index (χ1) is 10.1. The number of amides is 2. The first-order valence-corrected chi connectivity index (χ1v) is 6.09. The third-order valence-corrected chi connectivity index (χ3v) is 2.37. The number of aliphatic imine (C=N–C) groups is 1. The fourth-order valence-electron chi connectivity index (χ4n) is 1.43. The van der Waals surface area contributed by atoms with Crippen LogP contribution in [0.1, 0.15) is 5.56 Å². The van der Waals surface area contributed by atoms with Gasteiger partial charge in [-0.05, 0) is 24.6 Å². The Balaban J connectivity index is 2.53. The van der Waals surface area contributed by atoms with Crippen LogP contribution in [0, 0.1) is 6.92 Å². The number of esters is 1. The Morgan fingerprint density at radius 1 is 1.48 bits per heavy atom. The van der Waals surface area contributed by atoms with Crippen molar-refractivity contribution in [1.29, 1.82) is 0 Å². The van der Waals surface area contributed by atoms with E-state index in [4.69, 9.17) is 4.74 Å². The van der Waals surface area contributed by atoms with Gasteiger partial charge in [0.2, 0.25) is 6.08 Å². The molecule has 7 nitrogen and oxygen atoms in total. The average Bonchev–Trinajstić information content (AvgIpc) is 2.46. The number of rotatable bonds is 6. The van der Waals surface area contributed by atoms with Crippen LogP contribution in [0.5, 0.6) is 0 Å². The number of nitrogens with zero attached hydrogens (tertiary/aromatic N) is 1. The molecule has 2 amide bonds. The molecule has 21 heavy (non-hydrogen) atoms. The lowest BCUT2D eigenvalue weighted by atomic mass is 10.2. The van der Waals surface area contributed by atoms with Gasteiger partial charge in [0, 0.05) is 6.08 Å². The largest absolute Gasteiger partial charge is 0.461 e. The summed E-state index contributed by atoms with van der Waals surface area (Å²) in [5.74, 6) is -0.557. The van der Waals surface area contributed by atoms with E-state index in [2.05, 4.69) is 22.2 Å². The van der Waals surface area contributed by atoms with Crippen LogP contribution in [0.15, 0.2) is 35.8 Å². The monoisotopic (exact) mass is 289 g/mol. The van der Waals surface area contributed by atoms with E-state index in [1.807, 2.05) is 6.92 Å². The van der Waals surface area contributed by atoms with E-state index in [-0.39, 0.29) is 13.2 Å². The lowest BCUT2D eigenvalue weighted by Crippen LogP contribution is -2.32. The van der Waals surface area contributed by atoms with Crippen molar-refractivity contribution in [3.05, 3.63) is 36.4 Å². The maximum absolute atomic E-state index is 11.6. The number of carbonyl (C=O) groups excluding carboxylic acids is 3. The van der Waals surface area contributed by atoms with Crippen molar-refractivity contribution < 1.29 is 19.1 Å². The number of hydrogen-bond acceptors (Lipinski definition) is 5. The number of benzene rings is 1. The Morgan fingerprint density at radius 2 is 2.24 bits per heavy atom. The molecule has 0 saturated carbocycles. The van der Waals surface area contributed by atoms with E-state index < -0.39 is 12.0 Å². The average molecular weight is 289 g/mol. The summed E-state index contributed by atoms with van der Waals surface area (Å²) in [6.45, 7) is 5.26. The molecule has 2 N–H and O–H groups in total. The first-order valence-electron chi connectivity index (χ1n) is 6.09. The molecule has 0 aromatic heterocycles. The van der Waals surface area contributed by atoms with Crippen molar-refractivity contribution in [3.63, 3.8) is 0 Å². The summed E-state index contributed by atoms with van der Waals surface area (Å²) in [6, 6.07) is 4.54. The Hall–Kier alpha value is -2.92. The number of aryl methyl sites for hydroxylation is 1. The predicted molar refractivity (Wildman–Crippen MR) is 77.1 cm³/mol. The van der Waals surface area contributed by atoms with Gasteiger partial charge in [-0.3, -0.25) is 0 Å². The molecule has 0 radical (unpaired) electrons. The van der Waals surface area contributed by atoms with Crippen LogP contribution in [0.3, 0.4) is 0 Å². The molecule has 0 spiro atoms. The van der Waals surface area contributed by atoms with Gasteiger partial charge in [-0.15, -0.1) is 0 Å². The molecule has 0 atom stereocenters. The summed E-state index contributed by atoms with van der Waals surface area (Å²) in [6.07, 6.45) is 2.47. The highest BCUT2D eigenvalue weighted by atomic mass is 16.5. The molecule has 1 rings (SSSR count). The number of carbonyl (C=O) groups is 2. The summed E-state index contributed by atoms with van der Waals surface area (Å²) in [5, 5.41) is 5.03. The van der Waals surface area contributed by atoms with Gasteiger partial charge in [0.05, 0.1) is 12.2 Å². The maximum atomic E-state index is 11.6. The minimum absolute atomic E-state index is 0.0333. The summed E-state index contributed by atoms with van der Waals surface area (Å²) in [7, 11) is 0. The second-order valence-electron chi connectivity index (χ2n) is 3.98. The highest BCUT2D eigenvalue weighted by Crippen LogP contribution is 2.25. The minimum Gasteiger partial charge on any atom is -0.461 e. The number of ether oxygens (including phenoxy) is 1. The van der Waals surface area contributed by atoms with E-state index in [1.54, 1.807) is 18.2 Å². The quantitative estimate of drug-likeness (QED) is 0.274. The SMILES string of the molecule is C=CC(=O)OCCNC(=O)Nc1ccc(C)cc1N=C=O. The van der Waals surface area contributed by atoms with Crippen molar-refractivity contribution in [2.45, 2.75) is 6.92 Å². The molecule has 110 valence electrons. The lowest BCUT2D eigenvalue weighted by molar-refractivity contribution is -0.137. The van der Waals surface area contributed by atoms with Crippen LogP contribution in [-0.4, -0.2) is 31.2 Å². The van der Waals surface area contributed by atoms with Gasteiger partial charge in [0.25, 0.3) is 0 Å². The highest BCUT2D eigenvalue weighted by molar-refractivity contribution is 5.92. The Morgan fingerprint density at radius 3 is 2.90 bits per heavy atom. The van der Waals surface area contributed by atoms with Gasteiger partial charge in [0.1, 0.15) is 12.3 Å². The van der Waals surface area contributed by atoms with E-state index in [0.29, 0.717) is 11.4 Å². The molecule has 0 bridgehead atoms. The van der Waals surface area contributed by atoms with Crippen molar-refractivity contribution >= 4 is 29.5 Å². The summed E-state index contributed by atoms with van der Waals surface area (Å²) in [5.41, 5.74) is 1.59. The van der Waals surface area contributed by atoms with Gasteiger partial charge in [-0.25, -0.2) is 14.4 Å². The molecule has 0 unspecified atom stereocenters. The maximum Gasteiger partial charge on any atom is 0.330 e. The molecular weight excluding hydrogens is 274 g/mol. The zero-order valence-electron chi connectivity index (χ0n) is 11.5. The normalized spacial score (nSPS) is 9.19. The third kappa shape index (κ3) is 5.71. The van der Waals surface area contributed by atoms with Crippen LogP contribution in [0.25, 0.3) is 0 Å². The molecule has 1 aromatic rings. The molecule has 0 saturated heterocycles. The molecule has 0 heterocycles. The van der Waals surface area contributed by atoms with E-state index in [1.165, 1.54) is 6.08 Å². The minimum atomic E-state index is -0.557. The number of isocyanates is 1. The molecule has 0 aliphatic carbocycles. The Bertz CT molecular complexity index is 592. The zero-order chi connectivity index (χ0) is 15.7. The van der Waals surface area contributed by atoms with Gasteiger partial charge < -0.3 is 15.4 Å². The summed E-state index contributed by atoms with van der Waals surface area (Å²) < 4.78 is 4.70. The van der Waals surface area contributed by atoms with Crippen LogP contribution in [0.4, 0.5) is 16.2 Å². The zero-order valence-corrected chi connectivity index (χ0v) is 11.5. The molecule has 1 aromatic carbocycles. The number of anilines is 1. The fraction of sp³-hybridized carbons (Fsp3) is 0.214. The van der Waals surface area contributed by atoms with E-state index in [0.717, 1.165) is 11.6 Å².